The van der Waals surface area contributed by atoms with Crippen LogP contribution in [0.25, 0.3) is 11.1 Å². The zero-order chi connectivity index (χ0) is 23.2. The molecule has 1 fully saturated rings. The normalized spacial score (nSPS) is 16.4. The third-order valence-electron chi connectivity index (χ3n) is 5.92. The van der Waals surface area contributed by atoms with Crippen LogP contribution in [0, 0.1) is 11.7 Å². The summed E-state index contributed by atoms with van der Waals surface area (Å²) in [5.74, 6) is -0.852. The maximum Gasteiger partial charge on any atom is 0.254 e. The van der Waals surface area contributed by atoms with Crippen molar-refractivity contribution in [1.82, 2.24) is 14.8 Å². The Balaban J connectivity index is 1.65. The molecule has 0 bridgehead atoms. The molecule has 1 atom stereocenters. The van der Waals surface area contributed by atoms with E-state index in [0.717, 1.165) is 16.7 Å². The van der Waals surface area contributed by atoms with Crippen LogP contribution in [0.1, 0.15) is 15.9 Å². The zero-order valence-electron chi connectivity index (χ0n) is 18.4. The Morgan fingerprint density at radius 3 is 2.64 bits per heavy atom. The molecule has 6 heteroatoms. The topological polar surface area (TPSA) is 53.5 Å². The van der Waals surface area contributed by atoms with Crippen molar-refractivity contribution in [3.63, 3.8) is 0 Å². The van der Waals surface area contributed by atoms with Gasteiger partial charge in [0.25, 0.3) is 5.91 Å². The van der Waals surface area contributed by atoms with Gasteiger partial charge >= 0.3 is 0 Å². The van der Waals surface area contributed by atoms with Crippen LogP contribution in [0.3, 0.4) is 0 Å². The quantitative estimate of drug-likeness (QED) is 0.536. The average molecular weight is 444 g/mol. The predicted octanol–water partition coefficient (Wildman–Crippen LogP) is 4.22. The van der Waals surface area contributed by atoms with Gasteiger partial charge in [0.1, 0.15) is 5.82 Å². The molecular weight excluding hydrogens is 417 g/mol. The summed E-state index contributed by atoms with van der Waals surface area (Å²) in [6.45, 7) is 5.41. The number of amides is 2. The SMILES string of the molecule is C=CCN1CCN(C(=O)c2ccncc2)C[C@@H](Cc2ccccc2-c2cccc(F)c2)C1=O. The molecule has 1 aromatic heterocycles. The second-order valence-electron chi connectivity index (χ2n) is 8.13. The summed E-state index contributed by atoms with van der Waals surface area (Å²) in [6, 6.07) is 17.5. The number of halogens is 1. The Bertz CT molecular complexity index is 1150. The molecule has 5 nitrogen and oxygen atoms in total. The van der Waals surface area contributed by atoms with E-state index < -0.39 is 5.92 Å². The average Bonchev–Trinajstić information content (AvgIpc) is 2.99. The van der Waals surface area contributed by atoms with Crippen LogP contribution in [0.2, 0.25) is 0 Å². The van der Waals surface area contributed by atoms with Crippen molar-refractivity contribution in [3.8, 4) is 11.1 Å². The summed E-state index contributed by atoms with van der Waals surface area (Å²) < 4.78 is 13.9. The Morgan fingerprint density at radius 2 is 1.88 bits per heavy atom. The van der Waals surface area contributed by atoms with Crippen LogP contribution in [0.5, 0.6) is 0 Å². The summed E-state index contributed by atoms with van der Waals surface area (Å²) in [5.41, 5.74) is 3.14. The van der Waals surface area contributed by atoms with E-state index in [2.05, 4.69) is 11.6 Å². The minimum absolute atomic E-state index is 0.00558. The van der Waals surface area contributed by atoms with E-state index in [-0.39, 0.29) is 17.6 Å². The highest BCUT2D eigenvalue weighted by Gasteiger charge is 2.32. The number of carbonyl (C=O) groups excluding carboxylic acids is 2. The molecule has 2 aromatic carbocycles. The van der Waals surface area contributed by atoms with Gasteiger partial charge in [0.05, 0.1) is 5.92 Å². The molecule has 1 aliphatic heterocycles. The first-order chi connectivity index (χ1) is 16.1. The lowest BCUT2D eigenvalue weighted by atomic mass is 9.91. The van der Waals surface area contributed by atoms with E-state index in [1.165, 1.54) is 12.1 Å². The van der Waals surface area contributed by atoms with Gasteiger partial charge in [0, 0.05) is 44.1 Å². The van der Waals surface area contributed by atoms with Crippen molar-refractivity contribution < 1.29 is 14.0 Å². The number of pyridine rings is 1. The Morgan fingerprint density at radius 1 is 1.09 bits per heavy atom. The molecule has 1 aliphatic rings. The highest BCUT2D eigenvalue weighted by atomic mass is 19.1. The fourth-order valence-corrected chi connectivity index (χ4v) is 4.30. The number of aromatic nitrogens is 1. The lowest BCUT2D eigenvalue weighted by molar-refractivity contribution is -0.134. The Hall–Kier alpha value is -3.80. The van der Waals surface area contributed by atoms with E-state index in [4.69, 9.17) is 0 Å². The van der Waals surface area contributed by atoms with E-state index in [1.54, 1.807) is 46.5 Å². The molecule has 0 unspecified atom stereocenters. The molecule has 0 N–H and O–H groups in total. The van der Waals surface area contributed by atoms with Crippen molar-refractivity contribution in [2.75, 3.05) is 26.2 Å². The Kier molecular flexibility index (Phi) is 6.93. The molecule has 4 rings (SSSR count). The largest absolute Gasteiger partial charge is 0.337 e. The van der Waals surface area contributed by atoms with Crippen LogP contribution in [0.4, 0.5) is 4.39 Å². The number of hydrogen-bond donors (Lipinski definition) is 0. The monoisotopic (exact) mass is 443 g/mol. The van der Waals surface area contributed by atoms with Crippen LogP contribution in [0.15, 0.2) is 85.7 Å². The van der Waals surface area contributed by atoms with E-state index >= 15 is 0 Å². The standard InChI is InChI=1S/C27H26FN3O2/c1-2-14-30-15-16-31(26(32)20-10-12-29-13-11-20)19-23(27(30)33)17-21-6-3-4-9-25(21)22-7-5-8-24(28)18-22/h2-13,18,23H,1,14-17,19H2/t23-/m1/s1. The number of carbonyl (C=O) groups is 2. The fraction of sp³-hybridized carbons (Fsp3) is 0.222. The third-order valence-corrected chi connectivity index (χ3v) is 5.92. The molecule has 2 heterocycles. The maximum absolute atomic E-state index is 13.9. The fourth-order valence-electron chi connectivity index (χ4n) is 4.30. The van der Waals surface area contributed by atoms with Gasteiger partial charge in [-0.2, -0.15) is 0 Å². The lowest BCUT2D eigenvalue weighted by Gasteiger charge is -2.24. The van der Waals surface area contributed by atoms with Gasteiger partial charge in [-0.3, -0.25) is 14.6 Å². The first kappa shape index (κ1) is 22.4. The summed E-state index contributed by atoms with van der Waals surface area (Å²) >= 11 is 0. The number of rotatable bonds is 6. The van der Waals surface area contributed by atoms with Gasteiger partial charge in [-0.25, -0.2) is 4.39 Å². The molecule has 3 aromatic rings. The van der Waals surface area contributed by atoms with Crippen molar-refractivity contribution in [3.05, 3.63) is 103 Å². The first-order valence-corrected chi connectivity index (χ1v) is 11.0. The van der Waals surface area contributed by atoms with Crippen molar-refractivity contribution in [2.45, 2.75) is 6.42 Å². The van der Waals surface area contributed by atoms with Gasteiger partial charge < -0.3 is 9.80 Å². The van der Waals surface area contributed by atoms with Crippen molar-refractivity contribution >= 4 is 11.8 Å². The van der Waals surface area contributed by atoms with E-state index in [9.17, 15) is 14.0 Å². The number of hydrogen-bond acceptors (Lipinski definition) is 3. The molecule has 0 aliphatic carbocycles. The van der Waals surface area contributed by atoms with Crippen LogP contribution in [-0.2, 0) is 11.2 Å². The number of nitrogens with zero attached hydrogens (tertiary/aromatic N) is 3. The first-order valence-electron chi connectivity index (χ1n) is 11.0. The van der Waals surface area contributed by atoms with Crippen LogP contribution < -0.4 is 0 Å². The third kappa shape index (κ3) is 5.17. The molecule has 168 valence electrons. The summed E-state index contributed by atoms with van der Waals surface area (Å²) in [4.78, 5) is 34.0. The molecule has 0 radical (unpaired) electrons. The Labute approximate surface area is 193 Å². The molecule has 0 saturated carbocycles. The molecular formula is C27H26FN3O2. The minimum atomic E-state index is -0.423. The van der Waals surface area contributed by atoms with Crippen LogP contribution >= 0.6 is 0 Å². The molecule has 0 spiro atoms. The molecule has 1 saturated heterocycles. The predicted molar refractivity (Wildman–Crippen MR) is 126 cm³/mol. The molecule has 2 amide bonds. The summed E-state index contributed by atoms with van der Waals surface area (Å²) in [5, 5.41) is 0. The van der Waals surface area contributed by atoms with Gasteiger partial charge in [0.15, 0.2) is 0 Å². The highest BCUT2D eigenvalue weighted by molar-refractivity contribution is 5.94. The second-order valence-corrected chi connectivity index (χ2v) is 8.13. The number of benzene rings is 2. The summed E-state index contributed by atoms with van der Waals surface area (Å²) in [6.07, 6.45) is 5.33. The second kappa shape index (κ2) is 10.2. The van der Waals surface area contributed by atoms with Crippen LogP contribution in [-0.4, -0.2) is 52.8 Å². The van der Waals surface area contributed by atoms with Crippen molar-refractivity contribution in [1.29, 1.82) is 0 Å². The zero-order valence-corrected chi connectivity index (χ0v) is 18.4. The lowest BCUT2D eigenvalue weighted by Crippen LogP contribution is -2.38. The summed E-state index contributed by atoms with van der Waals surface area (Å²) in [7, 11) is 0. The smallest absolute Gasteiger partial charge is 0.254 e. The van der Waals surface area contributed by atoms with E-state index in [1.807, 2.05) is 30.3 Å². The van der Waals surface area contributed by atoms with Gasteiger partial charge in [-0.1, -0.05) is 42.5 Å². The van der Waals surface area contributed by atoms with Gasteiger partial charge in [-0.05, 0) is 47.4 Å². The minimum Gasteiger partial charge on any atom is -0.337 e. The van der Waals surface area contributed by atoms with Gasteiger partial charge in [-0.15, -0.1) is 6.58 Å². The van der Waals surface area contributed by atoms with E-state index in [0.29, 0.717) is 38.2 Å². The highest BCUT2D eigenvalue weighted by Crippen LogP contribution is 2.28. The van der Waals surface area contributed by atoms with Crippen molar-refractivity contribution in [2.24, 2.45) is 5.92 Å². The maximum atomic E-state index is 13.9. The molecule has 33 heavy (non-hydrogen) atoms. The van der Waals surface area contributed by atoms with Gasteiger partial charge in [0.2, 0.25) is 5.91 Å².